The normalized spacial score (nSPS) is 34.2. The summed E-state index contributed by atoms with van der Waals surface area (Å²) in [5.74, 6) is 0.0719. The average Bonchev–Trinajstić information content (AvgIpc) is 2.88. The van der Waals surface area contributed by atoms with Gasteiger partial charge in [-0.15, -0.1) is 0 Å². The van der Waals surface area contributed by atoms with Crippen molar-refractivity contribution in [1.29, 1.82) is 0 Å². The number of rotatable bonds is 4. The highest BCUT2D eigenvalue weighted by atomic mass is 16.5. The van der Waals surface area contributed by atoms with Gasteiger partial charge in [0.1, 0.15) is 0 Å². The molecular weight excluding hydrogens is 208 g/mol. The standard InChI is InChI=1S/C11H20N2O3/c1-15-10-7-12-6-9(10)13-11(14)5-8-3-2-4-16-8/h8-10,12H,2-7H2,1H3,(H,13,14)/t8?,9?,10-/m0/s1. The maximum Gasteiger partial charge on any atom is 0.222 e. The molecule has 0 radical (unpaired) electrons. The highest BCUT2D eigenvalue weighted by Gasteiger charge is 2.29. The lowest BCUT2D eigenvalue weighted by molar-refractivity contribution is -0.124. The van der Waals surface area contributed by atoms with Gasteiger partial charge in [-0.2, -0.15) is 0 Å². The fraction of sp³-hybridized carbons (Fsp3) is 0.909. The van der Waals surface area contributed by atoms with Gasteiger partial charge >= 0.3 is 0 Å². The number of nitrogens with one attached hydrogen (secondary N) is 2. The van der Waals surface area contributed by atoms with Crippen molar-refractivity contribution < 1.29 is 14.3 Å². The molecular formula is C11H20N2O3. The van der Waals surface area contributed by atoms with Crippen molar-refractivity contribution in [2.24, 2.45) is 0 Å². The lowest BCUT2D eigenvalue weighted by atomic mass is 10.1. The zero-order valence-corrected chi connectivity index (χ0v) is 9.70. The third-order valence-electron chi connectivity index (χ3n) is 3.24. The third-order valence-corrected chi connectivity index (χ3v) is 3.24. The fourth-order valence-electron chi connectivity index (χ4n) is 2.32. The van der Waals surface area contributed by atoms with E-state index in [1.807, 2.05) is 0 Å². The van der Waals surface area contributed by atoms with E-state index in [1.165, 1.54) is 0 Å². The largest absolute Gasteiger partial charge is 0.378 e. The second-order valence-electron chi connectivity index (χ2n) is 4.45. The van der Waals surface area contributed by atoms with Crippen LogP contribution in [0.4, 0.5) is 0 Å². The molecule has 0 aromatic heterocycles. The number of ether oxygens (including phenoxy) is 2. The van der Waals surface area contributed by atoms with Crippen molar-refractivity contribution in [3.05, 3.63) is 0 Å². The lowest BCUT2D eigenvalue weighted by Gasteiger charge is -2.19. The number of methoxy groups -OCH3 is 1. The van der Waals surface area contributed by atoms with E-state index < -0.39 is 0 Å². The molecule has 2 aliphatic heterocycles. The minimum atomic E-state index is 0.0719. The van der Waals surface area contributed by atoms with Crippen LogP contribution in [0.1, 0.15) is 19.3 Å². The first-order chi connectivity index (χ1) is 7.79. The summed E-state index contributed by atoms with van der Waals surface area (Å²) in [5, 5.41) is 6.20. The quantitative estimate of drug-likeness (QED) is 0.691. The van der Waals surface area contributed by atoms with E-state index in [-0.39, 0.29) is 24.2 Å². The average molecular weight is 228 g/mol. The summed E-state index contributed by atoms with van der Waals surface area (Å²) < 4.78 is 10.7. The van der Waals surface area contributed by atoms with Crippen LogP contribution in [0, 0.1) is 0 Å². The van der Waals surface area contributed by atoms with Crippen molar-refractivity contribution in [2.45, 2.75) is 37.5 Å². The number of hydrogen-bond donors (Lipinski definition) is 2. The first kappa shape index (κ1) is 11.8. The molecule has 0 aromatic rings. The fourth-order valence-corrected chi connectivity index (χ4v) is 2.32. The Balaban J connectivity index is 1.73. The molecule has 2 saturated heterocycles. The Morgan fingerprint density at radius 3 is 3.12 bits per heavy atom. The number of carbonyl (C=O) groups excluding carboxylic acids is 1. The van der Waals surface area contributed by atoms with Crippen molar-refractivity contribution in [2.75, 3.05) is 26.8 Å². The smallest absolute Gasteiger partial charge is 0.222 e. The third kappa shape index (κ3) is 2.93. The van der Waals surface area contributed by atoms with Crippen molar-refractivity contribution in [3.8, 4) is 0 Å². The van der Waals surface area contributed by atoms with Gasteiger partial charge in [-0.3, -0.25) is 4.79 Å². The summed E-state index contributed by atoms with van der Waals surface area (Å²) in [6, 6.07) is 0.0962. The molecule has 5 nitrogen and oxygen atoms in total. The Kier molecular flexibility index (Phi) is 4.15. The van der Waals surface area contributed by atoms with Crippen molar-refractivity contribution in [3.63, 3.8) is 0 Å². The predicted octanol–water partition coefficient (Wildman–Crippen LogP) is -0.341. The zero-order chi connectivity index (χ0) is 11.4. The molecule has 3 atom stereocenters. The van der Waals surface area contributed by atoms with Crippen molar-refractivity contribution >= 4 is 5.91 Å². The van der Waals surface area contributed by atoms with Crippen LogP contribution in [0.25, 0.3) is 0 Å². The molecule has 2 heterocycles. The highest BCUT2D eigenvalue weighted by Crippen LogP contribution is 2.15. The molecule has 0 aliphatic carbocycles. The molecule has 2 unspecified atom stereocenters. The molecule has 2 rings (SSSR count). The van der Waals surface area contributed by atoms with E-state index in [0.29, 0.717) is 6.42 Å². The predicted molar refractivity (Wildman–Crippen MR) is 59.2 cm³/mol. The second kappa shape index (κ2) is 5.61. The molecule has 2 fully saturated rings. The van der Waals surface area contributed by atoms with Crippen LogP contribution in [0.3, 0.4) is 0 Å². The minimum absolute atomic E-state index is 0.0719. The molecule has 2 aliphatic rings. The summed E-state index contributed by atoms with van der Waals surface area (Å²) in [4.78, 5) is 11.7. The van der Waals surface area contributed by atoms with E-state index in [1.54, 1.807) is 7.11 Å². The molecule has 5 heteroatoms. The Hall–Kier alpha value is -0.650. The Morgan fingerprint density at radius 1 is 1.56 bits per heavy atom. The van der Waals surface area contributed by atoms with Crippen molar-refractivity contribution in [1.82, 2.24) is 10.6 Å². The second-order valence-corrected chi connectivity index (χ2v) is 4.45. The summed E-state index contributed by atoms with van der Waals surface area (Å²) in [5.41, 5.74) is 0. The van der Waals surface area contributed by atoms with Gasteiger partial charge in [0.15, 0.2) is 0 Å². The monoisotopic (exact) mass is 228 g/mol. The van der Waals surface area contributed by atoms with Crippen LogP contribution in [-0.2, 0) is 14.3 Å². The molecule has 0 aromatic carbocycles. The van der Waals surface area contributed by atoms with Crippen LogP contribution in [0.2, 0.25) is 0 Å². The SMILES string of the molecule is CO[C@H]1CNCC1NC(=O)CC1CCCO1. The summed E-state index contributed by atoms with van der Waals surface area (Å²) in [6.07, 6.45) is 2.77. The van der Waals surface area contributed by atoms with Gasteiger partial charge in [-0.25, -0.2) is 0 Å². The van der Waals surface area contributed by atoms with E-state index in [9.17, 15) is 4.79 Å². The highest BCUT2D eigenvalue weighted by molar-refractivity contribution is 5.77. The number of hydrogen-bond acceptors (Lipinski definition) is 4. The van der Waals surface area contributed by atoms with E-state index >= 15 is 0 Å². The topological polar surface area (TPSA) is 59.6 Å². The maximum absolute atomic E-state index is 11.7. The number of carbonyl (C=O) groups is 1. The van der Waals surface area contributed by atoms with Crippen LogP contribution in [-0.4, -0.2) is 51.0 Å². The van der Waals surface area contributed by atoms with Gasteiger partial charge in [0.2, 0.25) is 5.91 Å². The maximum atomic E-state index is 11.7. The molecule has 0 spiro atoms. The lowest BCUT2D eigenvalue weighted by Crippen LogP contribution is -2.44. The van der Waals surface area contributed by atoms with E-state index in [0.717, 1.165) is 32.5 Å². The van der Waals surface area contributed by atoms with Crippen LogP contribution < -0.4 is 10.6 Å². The van der Waals surface area contributed by atoms with Crippen LogP contribution in [0.5, 0.6) is 0 Å². The summed E-state index contributed by atoms with van der Waals surface area (Å²) in [7, 11) is 1.68. The van der Waals surface area contributed by atoms with Gasteiger partial charge in [-0.05, 0) is 12.8 Å². The Bertz CT molecular complexity index is 241. The van der Waals surface area contributed by atoms with E-state index in [4.69, 9.17) is 9.47 Å². The van der Waals surface area contributed by atoms with Gasteiger partial charge in [-0.1, -0.05) is 0 Å². The molecule has 1 amide bonds. The molecule has 0 bridgehead atoms. The minimum Gasteiger partial charge on any atom is -0.378 e. The first-order valence-electron chi connectivity index (χ1n) is 5.94. The summed E-state index contributed by atoms with van der Waals surface area (Å²) in [6.45, 7) is 2.39. The first-order valence-corrected chi connectivity index (χ1v) is 5.94. The van der Waals surface area contributed by atoms with E-state index in [2.05, 4.69) is 10.6 Å². The summed E-state index contributed by atoms with van der Waals surface area (Å²) >= 11 is 0. The van der Waals surface area contributed by atoms with Gasteiger partial charge in [0.05, 0.1) is 24.7 Å². The molecule has 0 saturated carbocycles. The Morgan fingerprint density at radius 2 is 2.44 bits per heavy atom. The number of amides is 1. The molecule has 16 heavy (non-hydrogen) atoms. The van der Waals surface area contributed by atoms with Gasteiger partial charge in [0.25, 0.3) is 0 Å². The van der Waals surface area contributed by atoms with Gasteiger partial charge in [0, 0.05) is 26.8 Å². The zero-order valence-electron chi connectivity index (χ0n) is 9.70. The van der Waals surface area contributed by atoms with Crippen LogP contribution in [0.15, 0.2) is 0 Å². The van der Waals surface area contributed by atoms with Crippen LogP contribution >= 0.6 is 0 Å². The Labute approximate surface area is 95.9 Å². The molecule has 92 valence electrons. The molecule has 2 N–H and O–H groups in total. The van der Waals surface area contributed by atoms with Gasteiger partial charge < -0.3 is 20.1 Å².